The van der Waals surface area contributed by atoms with Crippen molar-refractivity contribution in [3.63, 3.8) is 0 Å². The lowest BCUT2D eigenvalue weighted by Crippen LogP contribution is -2.46. The summed E-state index contributed by atoms with van der Waals surface area (Å²) in [5.74, 6) is 1.11. The summed E-state index contributed by atoms with van der Waals surface area (Å²) in [6.07, 6.45) is 10.3. The van der Waals surface area contributed by atoms with Crippen LogP contribution >= 0.6 is 0 Å². The van der Waals surface area contributed by atoms with Gasteiger partial charge in [-0.05, 0) is 39.5 Å². The van der Waals surface area contributed by atoms with Gasteiger partial charge in [-0.25, -0.2) is 9.97 Å². The van der Waals surface area contributed by atoms with Gasteiger partial charge in [0.25, 0.3) is 0 Å². The van der Waals surface area contributed by atoms with Gasteiger partial charge < -0.3 is 4.90 Å². The van der Waals surface area contributed by atoms with Crippen LogP contribution in [0.15, 0.2) is 24.8 Å². The second kappa shape index (κ2) is 7.04. The lowest BCUT2D eigenvalue weighted by atomic mass is 10.0. The van der Waals surface area contributed by atoms with Crippen LogP contribution in [0.5, 0.6) is 0 Å². The molecule has 0 amide bonds. The second-order valence-corrected chi connectivity index (χ2v) is 7.32. The molecule has 0 radical (unpaired) electrons. The second-order valence-electron chi connectivity index (χ2n) is 7.32. The van der Waals surface area contributed by atoms with Crippen LogP contribution in [-0.4, -0.2) is 50.0 Å². The largest absolute Gasteiger partial charge is 0.350 e. The highest BCUT2D eigenvalue weighted by Gasteiger charge is 2.36. The van der Waals surface area contributed by atoms with E-state index in [0.717, 1.165) is 42.5 Å². The molecule has 0 bridgehead atoms. The molecule has 1 aliphatic carbocycles. The smallest absolute Gasteiger partial charge is 0.132 e. The summed E-state index contributed by atoms with van der Waals surface area (Å²) >= 11 is 0. The monoisotopic (exact) mass is 338 g/mol. The Labute approximate surface area is 149 Å². The molecule has 25 heavy (non-hydrogen) atoms. The lowest BCUT2D eigenvalue weighted by Gasteiger charge is -2.39. The maximum Gasteiger partial charge on any atom is 0.132 e. The molecule has 1 saturated carbocycles. The summed E-state index contributed by atoms with van der Waals surface area (Å²) in [6.45, 7) is 7.15. The third-order valence-corrected chi connectivity index (χ3v) is 5.14. The average molecular weight is 338 g/mol. The first-order valence-electron chi connectivity index (χ1n) is 9.26. The highest BCUT2D eigenvalue weighted by atomic mass is 15.3. The molecule has 2 aromatic rings. The maximum absolute atomic E-state index is 4.59. The number of hydrogen-bond acceptors (Lipinski definition) is 6. The molecule has 6 heteroatoms. The molecular weight excluding hydrogens is 312 g/mol. The minimum absolute atomic E-state index is 0.585. The van der Waals surface area contributed by atoms with E-state index in [4.69, 9.17) is 0 Å². The molecule has 2 aromatic heterocycles. The predicted octanol–water partition coefficient (Wildman–Crippen LogP) is 2.52. The number of aromatic nitrogens is 4. The summed E-state index contributed by atoms with van der Waals surface area (Å²) in [6, 6.07) is 3.39. The Morgan fingerprint density at radius 2 is 1.76 bits per heavy atom. The molecule has 0 N–H and O–H groups in total. The molecule has 6 nitrogen and oxygen atoms in total. The van der Waals surface area contributed by atoms with Crippen molar-refractivity contribution in [2.75, 3.05) is 18.0 Å². The first-order valence-corrected chi connectivity index (χ1v) is 9.26. The van der Waals surface area contributed by atoms with E-state index in [-0.39, 0.29) is 0 Å². The molecule has 0 aromatic carbocycles. The Kier molecular flexibility index (Phi) is 4.61. The molecule has 3 heterocycles. The first kappa shape index (κ1) is 16.4. The summed E-state index contributed by atoms with van der Waals surface area (Å²) in [7, 11) is 0. The fourth-order valence-electron chi connectivity index (χ4n) is 3.78. The molecule has 132 valence electrons. The zero-order valence-corrected chi connectivity index (χ0v) is 15.1. The molecule has 2 aliphatic rings. The van der Waals surface area contributed by atoms with Gasteiger partial charge in [0.05, 0.1) is 11.4 Å². The van der Waals surface area contributed by atoms with E-state index in [1.54, 1.807) is 6.33 Å². The SMILES string of the molecule is Cc1cc(N(C2CC2)C2CCN(Cc3cncc(C)n3)CC2)ncn1. The molecule has 0 unspecified atom stereocenters. The van der Waals surface area contributed by atoms with Crippen LogP contribution in [-0.2, 0) is 6.54 Å². The highest BCUT2D eigenvalue weighted by Crippen LogP contribution is 2.35. The number of aryl methyl sites for hydroxylation is 2. The minimum atomic E-state index is 0.585. The van der Waals surface area contributed by atoms with Crippen LogP contribution in [0.2, 0.25) is 0 Å². The van der Waals surface area contributed by atoms with E-state index in [9.17, 15) is 0 Å². The molecule has 4 rings (SSSR count). The van der Waals surface area contributed by atoms with Gasteiger partial charge in [-0.2, -0.15) is 0 Å². The fourth-order valence-corrected chi connectivity index (χ4v) is 3.78. The van der Waals surface area contributed by atoms with Crippen LogP contribution in [0.25, 0.3) is 0 Å². The number of piperidine rings is 1. The fraction of sp³-hybridized carbons (Fsp3) is 0.579. The van der Waals surface area contributed by atoms with Gasteiger partial charge in [0, 0.05) is 55.9 Å². The molecule has 1 aliphatic heterocycles. The molecular formula is C19H26N6. The van der Waals surface area contributed by atoms with Gasteiger partial charge in [0.1, 0.15) is 12.1 Å². The Morgan fingerprint density at radius 1 is 1.00 bits per heavy atom. The van der Waals surface area contributed by atoms with Crippen molar-refractivity contribution < 1.29 is 0 Å². The van der Waals surface area contributed by atoms with Gasteiger partial charge in [0.2, 0.25) is 0 Å². The molecule has 0 spiro atoms. The molecule has 1 saturated heterocycles. The van der Waals surface area contributed by atoms with Crippen LogP contribution in [0, 0.1) is 13.8 Å². The van der Waals surface area contributed by atoms with Gasteiger partial charge in [-0.3, -0.25) is 14.9 Å². The number of hydrogen-bond donors (Lipinski definition) is 0. The first-order chi connectivity index (χ1) is 12.2. The quantitative estimate of drug-likeness (QED) is 0.835. The van der Waals surface area contributed by atoms with E-state index in [1.165, 1.54) is 25.7 Å². The lowest BCUT2D eigenvalue weighted by molar-refractivity contribution is 0.198. The van der Waals surface area contributed by atoms with Crippen LogP contribution in [0.3, 0.4) is 0 Å². The third-order valence-electron chi connectivity index (χ3n) is 5.14. The van der Waals surface area contributed by atoms with Crippen molar-refractivity contribution in [3.05, 3.63) is 41.9 Å². The van der Waals surface area contributed by atoms with E-state index >= 15 is 0 Å². The number of anilines is 1. The maximum atomic E-state index is 4.59. The summed E-state index contributed by atoms with van der Waals surface area (Å²) in [5.41, 5.74) is 3.11. The zero-order valence-electron chi connectivity index (χ0n) is 15.1. The Hall–Kier alpha value is -2.08. The number of nitrogens with zero attached hydrogens (tertiary/aromatic N) is 6. The zero-order chi connectivity index (χ0) is 17.2. The third kappa shape index (κ3) is 3.95. The van der Waals surface area contributed by atoms with Crippen LogP contribution in [0.4, 0.5) is 5.82 Å². The molecule has 0 atom stereocenters. The number of rotatable bonds is 5. The van der Waals surface area contributed by atoms with Crippen molar-refractivity contribution >= 4 is 5.82 Å². The minimum Gasteiger partial charge on any atom is -0.350 e. The number of likely N-dealkylation sites (tertiary alicyclic amines) is 1. The normalized spacial score (nSPS) is 19.1. The summed E-state index contributed by atoms with van der Waals surface area (Å²) in [5, 5.41) is 0. The standard InChI is InChI=1S/C19H26N6/c1-14-9-19(22-13-21-14)25(17-3-4-17)18-5-7-24(8-6-18)12-16-11-20-10-15(2)23-16/h9-11,13,17-18H,3-8,12H2,1-2H3. The van der Waals surface area contributed by atoms with Gasteiger partial charge in [-0.1, -0.05) is 0 Å². The Bertz CT molecular complexity index is 721. The van der Waals surface area contributed by atoms with E-state index in [1.807, 2.05) is 26.2 Å². The highest BCUT2D eigenvalue weighted by molar-refractivity contribution is 5.43. The molecule has 2 fully saturated rings. The van der Waals surface area contributed by atoms with Gasteiger partial charge in [-0.15, -0.1) is 0 Å². The van der Waals surface area contributed by atoms with Crippen molar-refractivity contribution in [2.24, 2.45) is 0 Å². The summed E-state index contributed by atoms with van der Waals surface area (Å²) in [4.78, 5) is 22.7. The summed E-state index contributed by atoms with van der Waals surface area (Å²) < 4.78 is 0. The van der Waals surface area contributed by atoms with Crippen molar-refractivity contribution in [3.8, 4) is 0 Å². The van der Waals surface area contributed by atoms with Crippen molar-refractivity contribution in [1.29, 1.82) is 0 Å². The van der Waals surface area contributed by atoms with Crippen molar-refractivity contribution in [2.45, 2.75) is 58.2 Å². The van der Waals surface area contributed by atoms with E-state index in [2.05, 4.69) is 35.8 Å². The van der Waals surface area contributed by atoms with Crippen LogP contribution < -0.4 is 4.90 Å². The van der Waals surface area contributed by atoms with Gasteiger partial charge >= 0.3 is 0 Å². The van der Waals surface area contributed by atoms with Crippen molar-refractivity contribution in [1.82, 2.24) is 24.8 Å². The Balaban J connectivity index is 1.40. The Morgan fingerprint density at radius 3 is 2.44 bits per heavy atom. The predicted molar refractivity (Wildman–Crippen MR) is 97.3 cm³/mol. The van der Waals surface area contributed by atoms with Gasteiger partial charge in [0.15, 0.2) is 0 Å². The topological polar surface area (TPSA) is 58.0 Å². The average Bonchev–Trinajstić information content (AvgIpc) is 3.42. The van der Waals surface area contributed by atoms with E-state index < -0.39 is 0 Å². The van der Waals surface area contributed by atoms with Crippen LogP contribution in [0.1, 0.15) is 42.8 Å². The van der Waals surface area contributed by atoms with E-state index in [0.29, 0.717) is 12.1 Å².